The van der Waals surface area contributed by atoms with Crippen LogP contribution >= 0.6 is 0 Å². The molecule has 0 aliphatic carbocycles. The number of para-hydroxylation sites is 1. The van der Waals surface area contributed by atoms with E-state index in [0.29, 0.717) is 6.54 Å². The van der Waals surface area contributed by atoms with Gasteiger partial charge in [0.05, 0.1) is 12.2 Å². The van der Waals surface area contributed by atoms with Crippen LogP contribution in [-0.2, 0) is 13.6 Å². The van der Waals surface area contributed by atoms with Gasteiger partial charge in [-0.25, -0.2) is 9.97 Å². The van der Waals surface area contributed by atoms with Gasteiger partial charge in [-0.2, -0.15) is 0 Å². The minimum atomic E-state index is 0.637. The van der Waals surface area contributed by atoms with Crippen molar-refractivity contribution in [2.24, 2.45) is 7.05 Å². The summed E-state index contributed by atoms with van der Waals surface area (Å²) in [6.45, 7) is 2.52. The molecule has 0 radical (unpaired) electrons. The molecule has 21 heavy (non-hydrogen) atoms. The van der Waals surface area contributed by atoms with Crippen LogP contribution in [0.25, 0.3) is 11.4 Å². The third-order valence-corrected chi connectivity index (χ3v) is 3.17. The van der Waals surface area contributed by atoms with E-state index in [0.717, 1.165) is 28.6 Å². The van der Waals surface area contributed by atoms with Crippen molar-refractivity contribution in [3.63, 3.8) is 0 Å². The van der Waals surface area contributed by atoms with E-state index in [-0.39, 0.29) is 0 Å². The Morgan fingerprint density at radius 1 is 1.19 bits per heavy atom. The molecule has 0 unspecified atom stereocenters. The summed E-state index contributed by atoms with van der Waals surface area (Å²) >= 11 is 0. The molecular weight excluding hydrogens is 264 g/mol. The van der Waals surface area contributed by atoms with Gasteiger partial charge >= 0.3 is 0 Å². The van der Waals surface area contributed by atoms with Gasteiger partial charge in [0.25, 0.3) is 0 Å². The summed E-state index contributed by atoms with van der Waals surface area (Å²) in [6.07, 6.45) is 3.47. The van der Waals surface area contributed by atoms with Gasteiger partial charge < -0.3 is 9.88 Å². The van der Waals surface area contributed by atoms with E-state index in [9.17, 15) is 0 Å². The number of benzene rings is 1. The van der Waals surface area contributed by atoms with E-state index in [1.54, 1.807) is 12.5 Å². The Bertz CT molecular complexity index is 749. The Balaban J connectivity index is 1.85. The first kappa shape index (κ1) is 13.2. The molecule has 0 saturated carbocycles. The van der Waals surface area contributed by atoms with Crippen molar-refractivity contribution in [3.05, 3.63) is 54.4 Å². The highest BCUT2D eigenvalue weighted by Gasteiger charge is 2.09. The van der Waals surface area contributed by atoms with Crippen molar-refractivity contribution in [1.82, 2.24) is 24.7 Å². The van der Waals surface area contributed by atoms with Gasteiger partial charge in [0.1, 0.15) is 12.2 Å². The highest BCUT2D eigenvalue weighted by molar-refractivity contribution is 5.73. The predicted molar refractivity (Wildman–Crippen MR) is 80.5 cm³/mol. The summed E-state index contributed by atoms with van der Waals surface area (Å²) in [6, 6.07) is 9.94. The van der Waals surface area contributed by atoms with Crippen LogP contribution in [0.5, 0.6) is 0 Å². The molecule has 1 N–H and O–H groups in total. The van der Waals surface area contributed by atoms with Gasteiger partial charge in [-0.15, -0.1) is 10.2 Å². The van der Waals surface area contributed by atoms with Crippen molar-refractivity contribution in [1.29, 1.82) is 0 Å². The minimum Gasteiger partial charge on any atom is -0.379 e. The van der Waals surface area contributed by atoms with Gasteiger partial charge in [-0.1, -0.05) is 12.1 Å². The number of aryl methyl sites for hydroxylation is 2. The normalized spacial score (nSPS) is 10.6. The fourth-order valence-electron chi connectivity index (χ4n) is 2.15. The summed E-state index contributed by atoms with van der Waals surface area (Å²) in [5.41, 5.74) is 2.98. The van der Waals surface area contributed by atoms with Crippen LogP contribution in [0, 0.1) is 6.92 Å². The topological polar surface area (TPSA) is 68.5 Å². The largest absolute Gasteiger partial charge is 0.379 e. The van der Waals surface area contributed by atoms with Gasteiger partial charge in [0, 0.05) is 24.5 Å². The van der Waals surface area contributed by atoms with Crippen molar-refractivity contribution in [2.75, 3.05) is 5.32 Å². The van der Waals surface area contributed by atoms with Crippen molar-refractivity contribution < 1.29 is 0 Å². The lowest BCUT2D eigenvalue weighted by atomic mass is 10.1. The Morgan fingerprint density at radius 3 is 2.81 bits per heavy atom. The van der Waals surface area contributed by atoms with Gasteiger partial charge in [0.2, 0.25) is 0 Å². The highest BCUT2D eigenvalue weighted by Crippen LogP contribution is 2.25. The van der Waals surface area contributed by atoms with Crippen molar-refractivity contribution in [3.8, 4) is 11.4 Å². The Hall–Kier alpha value is -2.76. The number of nitrogens with zero attached hydrogens (tertiary/aromatic N) is 5. The summed E-state index contributed by atoms with van der Waals surface area (Å²) in [7, 11) is 1.93. The van der Waals surface area contributed by atoms with Crippen LogP contribution in [0.3, 0.4) is 0 Å². The van der Waals surface area contributed by atoms with Crippen LogP contribution in [0.4, 0.5) is 5.69 Å². The molecule has 2 aromatic heterocycles. The molecule has 0 spiro atoms. The van der Waals surface area contributed by atoms with Crippen LogP contribution < -0.4 is 5.32 Å². The maximum absolute atomic E-state index is 4.39. The van der Waals surface area contributed by atoms with E-state index in [1.807, 2.05) is 48.9 Å². The Kier molecular flexibility index (Phi) is 3.59. The molecule has 0 fully saturated rings. The molecule has 6 heteroatoms. The minimum absolute atomic E-state index is 0.637. The van der Waals surface area contributed by atoms with Crippen LogP contribution in [0.2, 0.25) is 0 Å². The van der Waals surface area contributed by atoms with E-state index in [1.165, 1.54) is 0 Å². The zero-order chi connectivity index (χ0) is 14.7. The summed E-state index contributed by atoms with van der Waals surface area (Å²) < 4.78 is 1.90. The zero-order valence-corrected chi connectivity index (χ0v) is 12.0. The smallest absolute Gasteiger partial charge is 0.165 e. The summed E-state index contributed by atoms with van der Waals surface area (Å²) in [5.74, 6) is 1.60. The fraction of sp³-hybridized carbons (Fsp3) is 0.200. The monoisotopic (exact) mass is 280 g/mol. The maximum Gasteiger partial charge on any atom is 0.165 e. The first-order valence-electron chi connectivity index (χ1n) is 6.70. The average Bonchev–Trinajstić information content (AvgIpc) is 2.91. The number of nitrogens with one attached hydrogen (secondary N) is 1. The molecule has 0 bridgehead atoms. The number of rotatable bonds is 4. The molecule has 0 aliphatic heterocycles. The Morgan fingerprint density at radius 2 is 2.05 bits per heavy atom. The highest BCUT2D eigenvalue weighted by atomic mass is 15.2. The van der Waals surface area contributed by atoms with E-state index in [2.05, 4.69) is 25.5 Å². The molecule has 0 atom stereocenters. The number of hydrogen-bond acceptors (Lipinski definition) is 5. The molecule has 3 rings (SSSR count). The summed E-state index contributed by atoms with van der Waals surface area (Å²) in [4.78, 5) is 8.50. The lowest BCUT2D eigenvalue weighted by Gasteiger charge is -2.11. The molecule has 0 aliphatic rings. The SMILES string of the molecule is Cc1nccc(CNc2ccccc2-c2nncn2C)n1. The van der Waals surface area contributed by atoms with E-state index in [4.69, 9.17) is 0 Å². The second kappa shape index (κ2) is 5.70. The quantitative estimate of drug-likeness (QED) is 0.793. The fourth-order valence-corrected chi connectivity index (χ4v) is 2.15. The second-order valence-corrected chi connectivity index (χ2v) is 4.76. The van der Waals surface area contributed by atoms with Crippen molar-refractivity contribution >= 4 is 5.69 Å². The average molecular weight is 280 g/mol. The standard InChI is InChI=1S/C15H16N6/c1-11-16-8-7-12(19-11)9-17-14-6-4-3-5-13(14)15-20-18-10-21(15)2/h3-8,10,17H,9H2,1-2H3. The zero-order valence-electron chi connectivity index (χ0n) is 12.0. The molecule has 0 saturated heterocycles. The Labute approximate surface area is 122 Å². The number of anilines is 1. The number of aromatic nitrogens is 5. The van der Waals surface area contributed by atoms with Gasteiger partial charge in [-0.3, -0.25) is 0 Å². The van der Waals surface area contributed by atoms with Gasteiger partial charge in [0.15, 0.2) is 5.82 Å². The third kappa shape index (κ3) is 2.89. The maximum atomic E-state index is 4.39. The molecule has 1 aromatic carbocycles. The molecule has 3 aromatic rings. The predicted octanol–water partition coefficient (Wildman–Crippen LogP) is 2.19. The van der Waals surface area contributed by atoms with Crippen LogP contribution in [-0.4, -0.2) is 24.7 Å². The van der Waals surface area contributed by atoms with Crippen LogP contribution in [0.15, 0.2) is 42.9 Å². The lowest BCUT2D eigenvalue weighted by molar-refractivity contribution is 0.918. The first-order valence-corrected chi connectivity index (χ1v) is 6.70. The molecule has 106 valence electrons. The van der Waals surface area contributed by atoms with Crippen molar-refractivity contribution in [2.45, 2.75) is 13.5 Å². The first-order chi connectivity index (χ1) is 10.2. The second-order valence-electron chi connectivity index (χ2n) is 4.76. The molecule has 6 nitrogen and oxygen atoms in total. The van der Waals surface area contributed by atoms with E-state index < -0.39 is 0 Å². The molecule has 0 amide bonds. The van der Waals surface area contributed by atoms with Crippen LogP contribution in [0.1, 0.15) is 11.5 Å². The third-order valence-electron chi connectivity index (χ3n) is 3.17. The molecular formula is C15H16N6. The van der Waals surface area contributed by atoms with E-state index >= 15 is 0 Å². The lowest BCUT2D eigenvalue weighted by Crippen LogP contribution is -2.05. The summed E-state index contributed by atoms with van der Waals surface area (Å²) in [5, 5.41) is 11.5. The van der Waals surface area contributed by atoms with Gasteiger partial charge in [-0.05, 0) is 25.1 Å². The molecule has 2 heterocycles. The number of hydrogen-bond donors (Lipinski definition) is 1.